The van der Waals surface area contributed by atoms with Gasteiger partial charge in [0.15, 0.2) is 0 Å². The fraction of sp³-hybridized carbons (Fsp3) is 0.188. The van der Waals surface area contributed by atoms with E-state index in [4.69, 9.17) is 11.6 Å². The summed E-state index contributed by atoms with van der Waals surface area (Å²) in [4.78, 5) is 12.2. The second-order valence-electron chi connectivity index (χ2n) is 5.40. The molecule has 0 bridgehead atoms. The molecule has 23 heavy (non-hydrogen) atoms. The van der Waals surface area contributed by atoms with Crippen LogP contribution >= 0.6 is 11.6 Å². The molecule has 2 aromatic rings. The van der Waals surface area contributed by atoms with Gasteiger partial charge in [0.05, 0.1) is 22.2 Å². The molecule has 1 aliphatic rings. The van der Waals surface area contributed by atoms with Gasteiger partial charge in [0, 0.05) is 11.6 Å². The van der Waals surface area contributed by atoms with Crippen LogP contribution in [0.1, 0.15) is 6.92 Å². The second-order valence-corrected chi connectivity index (χ2v) is 7.70. The number of nitrogens with one attached hydrogen (secondary N) is 1. The van der Waals surface area contributed by atoms with Gasteiger partial charge in [0.25, 0.3) is 10.0 Å². The van der Waals surface area contributed by atoms with Crippen molar-refractivity contribution in [2.24, 2.45) is 5.92 Å². The molecule has 1 N–H and O–H groups in total. The summed E-state index contributed by atoms with van der Waals surface area (Å²) in [5.41, 5.74) is 0.944. The lowest BCUT2D eigenvalue weighted by atomic mass is 10.2. The van der Waals surface area contributed by atoms with E-state index in [9.17, 15) is 13.2 Å². The summed E-state index contributed by atoms with van der Waals surface area (Å²) in [6, 6.07) is 12.9. The van der Waals surface area contributed by atoms with Crippen LogP contribution in [0.2, 0.25) is 5.02 Å². The number of para-hydroxylation sites is 2. The number of fused-ring (bicyclic) bond motifs is 1. The number of hydrogen-bond donors (Lipinski definition) is 1. The van der Waals surface area contributed by atoms with E-state index in [-0.39, 0.29) is 17.3 Å². The Kier molecular flexibility index (Phi) is 4.04. The summed E-state index contributed by atoms with van der Waals surface area (Å²) in [7, 11) is -3.79. The first-order valence-corrected chi connectivity index (χ1v) is 8.89. The molecule has 0 unspecified atom stereocenters. The molecule has 1 heterocycles. The van der Waals surface area contributed by atoms with Gasteiger partial charge >= 0.3 is 0 Å². The zero-order chi connectivity index (χ0) is 16.6. The first-order chi connectivity index (χ1) is 10.9. The van der Waals surface area contributed by atoms with Crippen molar-refractivity contribution in [3.8, 4) is 0 Å². The van der Waals surface area contributed by atoms with Crippen molar-refractivity contribution in [1.82, 2.24) is 0 Å². The normalized spacial score (nSPS) is 18.1. The van der Waals surface area contributed by atoms with Gasteiger partial charge in [0.2, 0.25) is 5.91 Å². The fourth-order valence-electron chi connectivity index (χ4n) is 2.44. The Morgan fingerprint density at radius 1 is 1.13 bits per heavy atom. The highest BCUT2D eigenvalue weighted by atomic mass is 35.5. The molecule has 3 rings (SSSR count). The highest BCUT2D eigenvalue weighted by Gasteiger charge is 2.33. The van der Waals surface area contributed by atoms with Crippen molar-refractivity contribution in [1.29, 1.82) is 0 Å². The van der Waals surface area contributed by atoms with Crippen LogP contribution in [0, 0.1) is 5.92 Å². The first kappa shape index (κ1) is 15.8. The summed E-state index contributed by atoms with van der Waals surface area (Å²) < 4.78 is 27.3. The Labute approximate surface area is 139 Å². The van der Waals surface area contributed by atoms with E-state index in [1.807, 2.05) is 0 Å². The molecule has 0 fully saturated rings. The number of anilines is 2. The van der Waals surface area contributed by atoms with Crippen molar-refractivity contribution in [3.05, 3.63) is 53.6 Å². The topological polar surface area (TPSA) is 66.5 Å². The van der Waals surface area contributed by atoms with Crippen molar-refractivity contribution in [3.63, 3.8) is 0 Å². The number of benzene rings is 2. The molecule has 1 amide bonds. The van der Waals surface area contributed by atoms with E-state index in [1.165, 1.54) is 28.6 Å². The Morgan fingerprint density at radius 3 is 2.48 bits per heavy atom. The van der Waals surface area contributed by atoms with E-state index < -0.39 is 15.9 Å². The third-order valence-electron chi connectivity index (χ3n) is 3.72. The van der Waals surface area contributed by atoms with Crippen LogP contribution in [0.25, 0.3) is 0 Å². The van der Waals surface area contributed by atoms with Gasteiger partial charge in [-0.2, -0.15) is 0 Å². The molecule has 120 valence electrons. The largest absolute Gasteiger partial charge is 0.324 e. The number of amides is 1. The molecule has 1 atom stereocenters. The van der Waals surface area contributed by atoms with Gasteiger partial charge in [-0.15, -0.1) is 0 Å². The highest BCUT2D eigenvalue weighted by molar-refractivity contribution is 7.92. The Balaban J connectivity index is 2.13. The first-order valence-electron chi connectivity index (χ1n) is 7.08. The Hall–Kier alpha value is -2.05. The van der Waals surface area contributed by atoms with Gasteiger partial charge in [-0.25, -0.2) is 8.42 Å². The summed E-state index contributed by atoms with van der Waals surface area (Å²) in [6.07, 6.45) is 0. The maximum absolute atomic E-state index is 13.0. The van der Waals surface area contributed by atoms with E-state index in [2.05, 4.69) is 5.32 Å². The second kappa shape index (κ2) is 5.86. The lowest BCUT2D eigenvalue weighted by Crippen LogP contribution is -2.35. The van der Waals surface area contributed by atoms with Crippen molar-refractivity contribution in [2.75, 3.05) is 16.2 Å². The number of rotatable bonds is 2. The van der Waals surface area contributed by atoms with Crippen LogP contribution in [0.4, 0.5) is 11.4 Å². The third kappa shape index (κ3) is 2.92. The SMILES string of the molecule is C[C@@H]1CN(S(=O)(=O)c2ccc(Cl)cc2)c2ccccc2NC1=O. The molecule has 0 radical (unpaired) electrons. The van der Waals surface area contributed by atoms with E-state index >= 15 is 0 Å². The number of halogens is 1. The molecule has 1 aliphatic heterocycles. The van der Waals surface area contributed by atoms with Crippen LogP contribution in [-0.2, 0) is 14.8 Å². The van der Waals surface area contributed by atoms with Gasteiger partial charge in [-0.1, -0.05) is 30.7 Å². The molecule has 0 spiro atoms. The molecule has 0 saturated carbocycles. The van der Waals surface area contributed by atoms with Crippen LogP contribution in [0.15, 0.2) is 53.4 Å². The Morgan fingerprint density at radius 2 is 1.78 bits per heavy atom. The van der Waals surface area contributed by atoms with Gasteiger partial charge in [-0.3, -0.25) is 9.10 Å². The molecular weight excluding hydrogens is 336 g/mol. The lowest BCUT2D eigenvalue weighted by molar-refractivity contribution is -0.119. The summed E-state index contributed by atoms with van der Waals surface area (Å²) in [6.45, 7) is 1.78. The summed E-state index contributed by atoms with van der Waals surface area (Å²) >= 11 is 5.83. The predicted octanol–water partition coefficient (Wildman–Crippen LogP) is 3.12. The maximum atomic E-state index is 13.0. The molecule has 0 aromatic heterocycles. The molecule has 7 heteroatoms. The van der Waals surface area contributed by atoms with Gasteiger partial charge in [-0.05, 0) is 36.4 Å². The minimum absolute atomic E-state index is 0.0772. The van der Waals surface area contributed by atoms with E-state index in [0.717, 1.165) is 0 Å². The molecule has 2 aromatic carbocycles. The number of sulfonamides is 1. The number of hydrogen-bond acceptors (Lipinski definition) is 3. The zero-order valence-corrected chi connectivity index (χ0v) is 13.9. The third-order valence-corrected chi connectivity index (χ3v) is 5.77. The van der Waals surface area contributed by atoms with Crippen molar-refractivity contribution in [2.45, 2.75) is 11.8 Å². The predicted molar refractivity (Wildman–Crippen MR) is 90.2 cm³/mol. The van der Waals surface area contributed by atoms with Gasteiger partial charge in [0.1, 0.15) is 0 Å². The number of nitrogens with zero attached hydrogens (tertiary/aromatic N) is 1. The Bertz CT molecular complexity index is 850. The van der Waals surface area contributed by atoms with Crippen LogP contribution in [0.5, 0.6) is 0 Å². The standard InChI is InChI=1S/C16H15ClN2O3S/c1-11-10-19(15-5-3-2-4-14(15)18-16(11)20)23(21,22)13-8-6-12(17)7-9-13/h2-9,11H,10H2,1H3,(H,18,20)/t11-/m1/s1. The summed E-state index contributed by atoms with van der Waals surface area (Å²) in [5, 5.41) is 3.23. The average Bonchev–Trinajstić information content (AvgIpc) is 2.65. The van der Waals surface area contributed by atoms with Gasteiger partial charge < -0.3 is 5.32 Å². The smallest absolute Gasteiger partial charge is 0.264 e. The maximum Gasteiger partial charge on any atom is 0.264 e. The van der Waals surface area contributed by atoms with E-state index in [0.29, 0.717) is 16.4 Å². The highest BCUT2D eigenvalue weighted by Crippen LogP contribution is 2.34. The number of carbonyl (C=O) groups excluding carboxylic acids is 1. The van der Waals surface area contributed by atoms with Crippen LogP contribution < -0.4 is 9.62 Å². The minimum Gasteiger partial charge on any atom is -0.324 e. The summed E-state index contributed by atoms with van der Waals surface area (Å²) in [5.74, 6) is -0.671. The van der Waals surface area contributed by atoms with Crippen LogP contribution in [0.3, 0.4) is 0 Å². The molecular formula is C16H15ClN2O3S. The number of carbonyl (C=O) groups is 1. The lowest BCUT2D eigenvalue weighted by Gasteiger charge is -2.25. The molecule has 5 nitrogen and oxygen atoms in total. The average molecular weight is 351 g/mol. The fourth-order valence-corrected chi connectivity index (χ4v) is 4.14. The van der Waals surface area contributed by atoms with Crippen molar-refractivity contribution < 1.29 is 13.2 Å². The van der Waals surface area contributed by atoms with Crippen molar-refractivity contribution >= 4 is 38.9 Å². The molecule has 0 aliphatic carbocycles. The quantitative estimate of drug-likeness (QED) is 0.904. The molecule has 0 saturated heterocycles. The van der Waals surface area contributed by atoms with E-state index in [1.54, 1.807) is 31.2 Å². The zero-order valence-electron chi connectivity index (χ0n) is 12.4. The monoisotopic (exact) mass is 350 g/mol. The minimum atomic E-state index is -3.79. The van der Waals surface area contributed by atoms with Crippen LogP contribution in [-0.4, -0.2) is 20.9 Å².